The van der Waals surface area contributed by atoms with Gasteiger partial charge in [0.05, 0.1) is 12.1 Å². The summed E-state index contributed by atoms with van der Waals surface area (Å²) in [6, 6.07) is 3.67. The van der Waals surface area contributed by atoms with Crippen molar-refractivity contribution in [2.24, 2.45) is 0 Å². The molecule has 0 aliphatic heterocycles. The second-order valence-electron chi connectivity index (χ2n) is 4.37. The van der Waals surface area contributed by atoms with Crippen LogP contribution in [0.4, 0.5) is 0 Å². The molecular weight excluding hydrogens is 308 g/mol. The van der Waals surface area contributed by atoms with Crippen molar-refractivity contribution in [2.75, 3.05) is 6.61 Å². The molecule has 21 heavy (non-hydrogen) atoms. The molecule has 0 bridgehead atoms. The lowest BCUT2D eigenvalue weighted by atomic mass is 10.4. The van der Waals surface area contributed by atoms with E-state index in [1.165, 1.54) is 11.3 Å². The third-order valence-corrected chi connectivity index (χ3v) is 4.81. The van der Waals surface area contributed by atoms with Crippen LogP contribution in [0.15, 0.2) is 36.1 Å². The number of thiophene rings is 1. The number of esters is 1. The van der Waals surface area contributed by atoms with Crippen molar-refractivity contribution < 1.29 is 9.53 Å². The normalized spacial score (nSPS) is 11.4. The molecule has 0 saturated carbocycles. The highest BCUT2D eigenvalue weighted by Gasteiger charge is 2.16. The molecule has 6 nitrogen and oxygen atoms in total. The van der Waals surface area contributed by atoms with E-state index in [1.807, 2.05) is 34.3 Å². The van der Waals surface area contributed by atoms with Crippen LogP contribution in [0.2, 0.25) is 0 Å². The number of carbonyl (C=O) groups excluding carboxylic acids is 1. The van der Waals surface area contributed by atoms with Crippen LogP contribution >= 0.6 is 22.7 Å². The average Bonchev–Trinajstić information content (AvgIpc) is 3.19. The number of hydrogen-bond acceptors (Lipinski definition) is 6. The van der Waals surface area contributed by atoms with Crippen LogP contribution in [0.3, 0.4) is 0 Å². The van der Waals surface area contributed by atoms with Crippen LogP contribution in [0, 0.1) is 0 Å². The largest absolute Gasteiger partial charge is 0.460 e. The summed E-state index contributed by atoms with van der Waals surface area (Å²) in [5.41, 5.74) is 0.954. The molecule has 4 rings (SSSR count). The van der Waals surface area contributed by atoms with Crippen molar-refractivity contribution in [1.82, 2.24) is 19.2 Å². The standard InChI is InChI=1S/C13H10N4O2S2/c18-12(19-6-4-16-3-1-2-14-16)10-8-9-11(21-10)15-13-17(9)5-7-20-13/h1-3,5,7-8H,4,6H2. The summed E-state index contributed by atoms with van der Waals surface area (Å²) >= 11 is 2.94. The van der Waals surface area contributed by atoms with Gasteiger partial charge in [0.1, 0.15) is 16.3 Å². The predicted molar refractivity (Wildman–Crippen MR) is 81.0 cm³/mol. The maximum Gasteiger partial charge on any atom is 0.348 e. The topological polar surface area (TPSA) is 61.4 Å². The van der Waals surface area contributed by atoms with E-state index in [1.54, 1.807) is 22.2 Å². The van der Waals surface area contributed by atoms with Crippen LogP contribution in [0.5, 0.6) is 0 Å². The van der Waals surface area contributed by atoms with E-state index >= 15 is 0 Å². The zero-order valence-corrected chi connectivity index (χ0v) is 12.4. The Morgan fingerprint density at radius 3 is 3.19 bits per heavy atom. The fourth-order valence-corrected chi connectivity index (χ4v) is 3.78. The molecule has 0 aromatic carbocycles. The fourth-order valence-electron chi connectivity index (χ4n) is 2.08. The van der Waals surface area contributed by atoms with Gasteiger partial charge in [-0.3, -0.25) is 9.08 Å². The highest BCUT2D eigenvalue weighted by atomic mass is 32.1. The molecule has 4 aromatic rings. The number of ether oxygens (including phenoxy) is 1. The quantitative estimate of drug-likeness (QED) is 0.543. The van der Waals surface area contributed by atoms with Crippen LogP contribution in [-0.2, 0) is 11.3 Å². The van der Waals surface area contributed by atoms with E-state index in [0.717, 1.165) is 15.3 Å². The Balaban J connectivity index is 1.49. The third-order valence-electron chi connectivity index (χ3n) is 3.05. The molecule has 0 N–H and O–H groups in total. The Kier molecular flexibility index (Phi) is 2.97. The van der Waals surface area contributed by atoms with Gasteiger partial charge in [0.25, 0.3) is 0 Å². The van der Waals surface area contributed by atoms with Gasteiger partial charge in [0.15, 0.2) is 4.96 Å². The molecule has 8 heteroatoms. The van der Waals surface area contributed by atoms with E-state index in [4.69, 9.17) is 4.74 Å². The van der Waals surface area contributed by atoms with Gasteiger partial charge in [0, 0.05) is 24.0 Å². The number of hydrogen-bond donors (Lipinski definition) is 0. The monoisotopic (exact) mass is 318 g/mol. The third kappa shape index (κ3) is 2.22. The Hall–Kier alpha value is -2.19. The van der Waals surface area contributed by atoms with Crippen LogP contribution in [0.1, 0.15) is 9.67 Å². The van der Waals surface area contributed by atoms with E-state index in [2.05, 4.69) is 10.1 Å². The van der Waals surface area contributed by atoms with Gasteiger partial charge in [-0.1, -0.05) is 0 Å². The summed E-state index contributed by atoms with van der Waals surface area (Å²) in [5.74, 6) is -0.311. The lowest BCUT2D eigenvalue weighted by molar-refractivity contribution is 0.0493. The summed E-state index contributed by atoms with van der Waals surface area (Å²) < 4.78 is 8.98. The molecule has 0 fully saturated rings. The average molecular weight is 318 g/mol. The molecule has 106 valence electrons. The van der Waals surface area contributed by atoms with Crippen molar-refractivity contribution in [1.29, 1.82) is 0 Å². The number of carbonyl (C=O) groups is 1. The maximum atomic E-state index is 12.0. The number of fused-ring (bicyclic) bond motifs is 3. The smallest absolute Gasteiger partial charge is 0.348 e. The number of nitrogens with zero attached hydrogens (tertiary/aromatic N) is 4. The SMILES string of the molecule is O=C(OCCn1cccn1)c1cc2c(nc3sccn32)s1. The molecule has 0 atom stereocenters. The van der Waals surface area contributed by atoms with Gasteiger partial charge in [-0.05, 0) is 12.1 Å². The highest BCUT2D eigenvalue weighted by Crippen LogP contribution is 2.28. The van der Waals surface area contributed by atoms with Crippen molar-refractivity contribution >= 4 is 44.0 Å². The molecular formula is C13H10N4O2S2. The van der Waals surface area contributed by atoms with Crippen LogP contribution < -0.4 is 0 Å². The molecule has 0 unspecified atom stereocenters. The number of thiazole rings is 1. The Morgan fingerprint density at radius 2 is 2.33 bits per heavy atom. The first kappa shape index (κ1) is 12.5. The molecule has 0 aliphatic carbocycles. The molecule has 0 radical (unpaired) electrons. The molecule has 0 saturated heterocycles. The maximum absolute atomic E-state index is 12.0. The van der Waals surface area contributed by atoms with E-state index in [0.29, 0.717) is 18.0 Å². The van der Waals surface area contributed by atoms with Crippen LogP contribution in [-0.4, -0.2) is 31.7 Å². The van der Waals surface area contributed by atoms with Gasteiger partial charge in [-0.2, -0.15) is 5.10 Å². The van der Waals surface area contributed by atoms with Crippen LogP contribution in [0.25, 0.3) is 15.3 Å². The summed E-state index contributed by atoms with van der Waals surface area (Å²) in [7, 11) is 0. The van der Waals surface area contributed by atoms with Crippen molar-refractivity contribution in [3.63, 3.8) is 0 Å². The van der Waals surface area contributed by atoms with Crippen molar-refractivity contribution in [3.05, 3.63) is 41.0 Å². The van der Waals surface area contributed by atoms with Gasteiger partial charge in [-0.25, -0.2) is 9.78 Å². The zero-order valence-electron chi connectivity index (χ0n) is 10.8. The van der Waals surface area contributed by atoms with Gasteiger partial charge >= 0.3 is 5.97 Å². The second-order valence-corrected chi connectivity index (χ2v) is 6.28. The van der Waals surface area contributed by atoms with Gasteiger partial charge in [-0.15, -0.1) is 22.7 Å². The summed E-state index contributed by atoms with van der Waals surface area (Å²) in [6.45, 7) is 0.856. The van der Waals surface area contributed by atoms with Crippen molar-refractivity contribution in [2.45, 2.75) is 6.54 Å². The van der Waals surface area contributed by atoms with Gasteiger partial charge < -0.3 is 4.74 Å². The summed E-state index contributed by atoms with van der Waals surface area (Å²) in [5, 5.41) is 6.03. The first-order valence-corrected chi connectivity index (χ1v) is 8.00. The highest BCUT2D eigenvalue weighted by molar-refractivity contribution is 7.21. The zero-order chi connectivity index (χ0) is 14.2. The molecule has 0 spiro atoms. The van der Waals surface area contributed by atoms with E-state index in [-0.39, 0.29) is 5.97 Å². The molecule has 4 heterocycles. The number of rotatable bonds is 4. The Morgan fingerprint density at radius 1 is 1.38 bits per heavy atom. The van der Waals surface area contributed by atoms with Gasteiger partial charge in [0.2, 0.25) is 0 Å². The Bertz CT molecular complexity index is 903. The summed E-state index contributed by atoms with van der Waals surface area (Å²) in [6.07, 6.45) is 5.48. The second kappa shape index (κ2) is 4.97. The minimum atomic E-state index is -0.311. The minimum absolute atomic E-state index is 0.303. The van der Waals surface area contributed by atoms with Crippen molar-refractivity contribution in [3.8, 4) is 0 Å². The molecule has 0 aliphatic rings. The fraction of sp³-hybridized carbons (Fsp3) is 0.154. The van der Waals surface area contributed by atoms with E-state index in [9.17, 15) is 4.79 Å². The minimum Gasteiger partial charge on any atom is -0.460 e. The first-order chi connectivity index (χ1) is 10.3. The molecule has 4 aromatic heterocycles. The predicted octanol–water partition coefficient (Wildman–Crippen LogP) is 2.66. The number of imidazole rings is 1. The first-order valence-electron chi connectivity index (χ1n) is 6.31. The summed E-state index contributed by atoms with van der Waals surface area (Å²) in [4.78, 5) is 18.9. The lowest BCUT2D eigenvalue weighted by Crippen LogP contribution is -2.10. The Labute approximate surface area is 127 Å². The van der Waals surface area contributed by atoms with E-state index < -0.39 is 0 Å². The molecule has 0 amide bonds. The lowest BCUT2D eigenvalue weighted by Gasteiger charge is -2.03. The number of aromatic nitrogens is 4.